The number of nitrogens with one attached hydrogen (secondary N) is 2. The van der Waals surface area contributed by atoms with Crippen molar-refractivity contribution in [1.29, 1.82) is 0 Å². The van der Waals surface area contributed by atoms with Gasteiger partial charge in [-0.1, -0.05) is 24.5 Å². The standard InChI is InChI=1S/C23H28N8O3S/c1-13-6-11-17-16(12-13)20(27-18-4-2-3-5-19(18)28-22(24)25)30-23(29-17)31-21(32)14-7-9-15(10-8-14)35(26,33)34/h6-12,18-19H,2-5H2,1H3,(H4,24,25,28)(H2,26,33,34)(H2,27,29,30,31,32). The number of nitrogens with zero attached hydrogens (tertiary/aromatic N) is 3. The molecule has 1 amide bonds. The number of aliphatic imine (C=N–C) groups is 1. The lowest BCUT2D eigenvalue weighted by Crippen LogP contribution is -2.38. The van der Waals surface area contributed by atoms with Crippen LogP contribution < -0.4 is 27.2 Å². The minimum absolute atomic E-state index is 0.0289. The molecule has 1 saturated carbocycles. The first-order valence-corrected chi connectivity index (χ1v) is 12.7. The number of aromatic nitrogens is 2. The molecule has 1 aliphatic rings. The average Bonchev–Trinajstić information content (AvgIpc) is 2.80. The van der Waals surface area contributed by atoms with E-state index in [1.165, 1.54) is 24.3 Å². The molecule has 3 aromatic rings. The summed E-state index contributed by atoms with van der Waals surface area (Å²) in [6, 6.07) is 11.0. The van der Waals surface area contributed by atoms with Crippen LogP contribution in [-0.4, -0.2) is 42.3 Å². The van der Waals surface area contributed by atoms with Gasteiger partial charge in [-0.25, -0.2) is 23.5 Å². The van der Waals surface area contributed by atoms with Crippen molar-refractivity contribution in [2.45, 2.75) is 49.6 Å². The maximum absolute atomic E-state index is 12.8. The van der Waals surface area contributed by atoms with Crippen LogP contribution in [0.15, 0.2) is 52.4 Å². The number of sulfonamides is 1. The lowest BCUT2D eigenvalue weighted by atomic mass is 9.90. The van der Waals surface area contributed by atoms with Gasteiger partial charge in [0.25, 0.3) is 5.91 Å². The highest BCUT2D eigenvalue weighted by molar-refractivity contribution is 7.89. The number of aryl methyl sites for hydroxylation is 1. The highest BCUT2D eigenvalue weighted by Crippen LogP contribution is 2.29. The summed E-state index contributed by atoms with van der Waals surface area (Å²) in [4.78, 5) is 26.2. The van der Waals surface area contributed by atoms with Gasteiger partial charge in [0.05, 0.1) is 22.5 Å². The number of carbonyl (C=O) groups excluding carboxylic acids is 1. The molecule has 35 heavy (non-hydrogen) atoms. The number of hydrogen-bond donors (Lipinski definition) is 5. The summed E-state index contributed by atoms with van der Waals surface area (Å²) in [5, 5.41) is 12.1. The number of hydrogen-bond acceptors (Lipinski definition) is 7. The largest absolute Gasteiger partial charge is 0.370 e. The predicted octanol–water partition coefficient (Wildman–Crippen LogP) is 1.83. The van der Waals surface area contributed by atoms with Gasteiger partial charge in [-0.2, -0.15) is 4.98 Å². The van der Waals surface area contributed by atoms with Gasteiger partial charge >= 0.3 is 0 Å². The van der Waals surface area contributed by atoms with Gasteiger partial charge in [0.15, 0.2) is 5.96 Å². The Labute approximate surface area is 203 Å². The monoisotopic (exact) mass is 496 g/mol. The number of guanidine groups is 1. The number of anilines is 2. The van der Waals surface area contributed by atoms with Crippen LogP contribution in [0.5, 0.6) is 0 Å². The summed E-state index contributed by atoms with van der Waals surface area (Å²) in [6.07, 6.45) is 3.80. The summed E-state index contributed by atoms with van der Waals surface area (Å²) < 4.78 is 22.9. The molecule has 0 radical (unpaired) electrons. The van der Waals surface area contributed by atoms with Gasteiger partial charge in [-0.3, -0.25) is 10.1 Å². The van der Waals surface area contributed by atoms with Crippen molar-refractivity contribution in [2.75, 3.05) is 10.6 Å². The first-order valence-electron chi connectivity index (χ1n) is 11.2. The maximum atomic E-state index is 12.8. The first-order chi connectivity index (χ1) is 16.6. The number of amides is 1. The van der Waals surface area contributed by atoms with E-state index >= 15 is 0 Å². The molecular weight excluding hydrogens is 468 g/mol. The molecule has 11 nitrogen and oxygen atoms in total. The second-order valence-corrected chi connectivity index (χ2v) is 10.2. The molecule has 2 atom stereocenters. The highest BCUT2D eigenvalue weighted by atomic mass is 32.2. The van der Waals surface area contributed by atoms with Crippen LogP contribution in [0.1, 0.15) is 41.6 Å². The van der Waals surface area contributed by atoms with E-state index < -0.39 is 15.9 Å². The molecule has 184 valence electrons. The Balaban J connectivity index is 1.65. The number of rotatable bonds is 6. The van der Waals surface area contributed by atoms with E-state index in [-0.39, 0.29) is 34.5 Å². The van der Waals surface area contributed by atoms with Crippen LogP contribution in [0.4, 0.5) is 11.8 Å². The quantitative estimate of drug-likeness (QED) is 0.252. The molecular formula is C23H28N8O3S. The van der Waals surface area contributed by atoms with Crippen LogP contribution in [0.3, 0.4) is 0 Å². The second kappa shape index (κ2) is 9.84. The molecule has 4 rings (SSSR count). The smallest absolute Gasteiger partial charge is 0.258 e. The van der Waals surface area contributed by atoms with Crippen LogP contribution in [0.2, 0.25) is 0 Å². The fraction of sp³-hybridized carbons (Fsp3) is 0.304. The summed E-state index contributed by atoms with van der Waals surface area (Å²) in [5.41, 5.74) is 13.2. The first kappa shape index (κ1) is 24.4. The van der Waals surface area contributed by atoms with Gasteiger partial charge in [-0.15, -0.1) is 0 Å². The third-order valence-corrected chi connectivity index (χ3v) is 6.82. The number of carbonyl (C=O) groups is 1. The lowest BCUT2D eigenvalue weighted by molar-refractivity contribution is 0.102. The molecule has 1 heterocycles. The van der Waals surface area contributed by atoms with Crippen molar-refractivity contribution < 1.29 is 13.2 Å². The SMILES string of the molecule is Cc1ccc2nc(NC(=O)c3ccc(S(N)(=O)=O)cc3)nc(NC3CCCCC3N=C(N)N)c2c1. The Kier molecular flexibility index (Phi) is 6.85. The van der Waals surface area contributed by atoms with Crippen molar-refractivity contribution in [3.8, 4) is 0 Å². The van der Waals surface area contributed by atoms with Gasteiger partial charge in [0.2, 0.25) is 16.0 Å². The highest BCUT2D eigenvalue weighted by Gasteiger charge is 2.26. The van der Waals surface area contributed by atoms with Crippen LogP contribution in [-0.2, 0) is 10.0 Å². The molecule has 0 spiro atoms. The summed E-state index contributed by atoms with van der Waals surface area (Å²) in [6.45, 7) is 1.98. The average molecular weight is 497 g/mol. The lowest BCUT2D eigenvalue weighted by Gasteiger charge is -2.30. The third kappa shape index (κ3) is 5.84. The van der Waals surface area contributed by atoms with Gasteiger partial charge in [-0.05, 0) is 56.2 Å². The van der Waals surface area contributed by atoms with Gasteiger partial charge in [0.1, 0.15) is 5.82 Å². The zero-order valence-electron chi connectivity index (χ0n) is 19.2. The molecule has 2 unspecified atom stereocenters. The van der Waals surface area contributed by atoms with E-state index in [0.29, 0.717) is 11.3 Å². The van der Waals surface area contributed by atoms with E-state index in [0.717, 1.165) is 36.6 Å². The Morgan fingerprint density at radius 3 is 2.46 bits per heavy atom. The molecule has 1 aromatic heterocycles. The van der Waals surface area contributed by atoms with E-state index in [1.807, 2.05) is 25.1 Å². The van der Waals surface area contributed by atoms with Crippen molar-refractivity contribution in [2.24, 2.45) is 21.6 Å². The molecule has 0 bridgehead atoms. The zero-order chi connectivity index (χ0) is 25.2. The second-order valence-electron chi connectivity index (χ2n) is 8.60. The normalized spacial score (nSPS) is 18.1. The molecule has 0 aliphatic heterocycles. The number of nitrogens with two attached hydrogens (primary N) is 3. The Morgan fingerprint density at radius 1 is 1.06 bits per heavy atom. The Bertz CT molecular complexity index is 1390. The van der Waals surface area contributed by atoms with Crippen LogP contribution in [0.25, 0.3) is 10.9 Å². The van der Waals surface area contributed by atoms with Crippen LogP contribution >= 0.6 is 0 Å². The maximum Gasteiger partial charge on any atom is 0.258 e. The zero-order valence-corrected chi connectivity index (χ0v) is 20.0. The van der Waals surface area contributed by atoms with Gasteiger partial charge < -0.3 is 16.8 Å². The Morgan fingerprint density at radius 2 is 1.77 bits per heavy atom. The molecule has 1 fully saturated rings. The van der Waals surface area contributed by atoms with E-state index in [1.54, 1.807) is 0 Å². The summed E-state index contributed by atoms with van der Waals surface area (Å²) in [5.74, 6) is 0.243. The molecule has 0 saturated heterocycles. The van der Waals surface area contributed by atoms with E-state index in [4.69, 9.17) is 16.6 Å². The Hall–Kier alpha value is -3.77. The van der Waals surface area contributed by atoms with Crippen molar-refractivity contribution in [1.82, 2.24) is 9.97 Å². The minimum Gasteiger partial charge on any atom is -0.370 e. The number of fused-ring (bicyclic) bond motifs is 1. The predicted molar refractivity (Wildman–Crippen MR) is 136 cm³/mol. The summed E-state index contributed by atoms with van der Waals surface area (Å²) >= 11 is 0. The van der Waals surface area contributed by atoms with E-state index in [2.05, 4.69) is 25.6 Å². The fourth-order valence-electron chi connectivity index (χ4n) is 4.18. The van der Waals surface area contributed by atoms with Crippen molar-refractivity contribution in [3.63, 3.8) is 0 Å². The fourth-order valence-corrected chi connectivity index (χ4v) is 4.69. The molecule has 8 N–H and O–H groups in total. The number of benzene rings is 2. The van der Waals surface area contributed by atoms with Gasteiger partial charge in [0, 0.05) is 10.9 Å². The molecule has 2 aromatic carbocycles. The number of primary sulfonamides is 1. The topological polar surface area (TPSA) is 191 Å². The molecule has 12 heteroatoms. The van der Waals surface area contributed by atoms with Crippen molar-refractivity contribution in [3.05, 3.63) is 53.6 Å². The minimum atomic E-state index is -3.85. The third-order valence-electron chi connectivity index (χ3n) is 5.89. The van der Waals surface area contributed by atoms with E-state index in [9.17, 15) is 13.2 Å². The molecule has 1 aliphatic carbocycles. The van der Waals surface area contributed by atoms with Crippen LogP contribution in [0, 0.1) is 6.92 Å². The summed E-state index contributed by atoms with van der Waals surface area (Å²) in [7, 11) is -3.85. The van der Waals surface area contributed by atoms with Crippen molar-refractivity contribution >= 4 is 44.6 Å².